The van der Waals surface area contributed by atoms with E-state index in [4.69, 9.17) is 5.73 Å². The van der Waals surface area contributed by atoms with E-state index < -0.39 is 11.7 Å². The Labute approximate surface area is 114 Å². The van der Waals surface area contributed by atoms with Crippen molar-refractivity contribution in [3.8, 4) is 0 Å². The van der Waals surface area contributed by atoms with Gasteiger partial charge in [0.2, 0.25) is 0 Å². The van der Waals surface area contributed by atoms with Crippen molar-refractivity contribution in [3.63, 3.8) is 0 Å². The maximum Gasteiger partial charge on any atom is 0.416 e. The van der Waals surface area contributed by atoms with Crippen LogP contribution in [0.2, 0.25) is 0 Å². The normalized spacial score (nSPS) is 17.9. The number of nitrogen functional groups attached to an aromatic ring is 1. The Balaban J connectivity index is 2.05. The summed E-state index contributed by atoms with van der Waals surface area (Å²) in [5, 5.41) is 3.17. The van der Waals surface area contributed by atoms with Crippen molar-refractivity contribution >= 4 is 23.1 Å². The van der Waals surface area contributed by atoms with Crippen molar-refractivity contribution in [3.05, 3.63) is 23.8 Å². The third-order valence-electron chi connectivity index (χ3n) is 3.68. The molecule has 2 rings (SSSR count). The van der Waals surface area contributed by atoms with Crippen molar-refractivity contribution in [1.82, 2.24) is 0 Å². The number of rotatable bonds is 4. The standard InChI is InChI=1S/C13H17F3N2S/c1-19-12(5-2-6-12)8-18-11-4-3-9(7-10(11)17)13(14,15)16/h3-4,7,18H,2,5-6,8,17H2,1H3. The molecule has 0 unspecified atom stereocenters. The fourth-order valence-electron chi connectivity index (χ4n) is 2.18. The Kier molecular flexibility index (Phi) is 3.90. The monoisotopic (exact) mass is 290 g/mol. The van der Waals surface area contributed by atoms with Crippen LogP contribution >= 0.6 is 11.8 Å². The van der Waals surface area contributed by atoms with Crippen LogP contribution in [-0.4, -0.2) is 17.5 Å². The van der Waals surface area contributed by atoms with Gasteiger partial charge in [-0.25, -0.2) is 0 Å². The van der Waals surface area contributed by atoms with Crippen LogP contribution in [0, 0.1) is 0 Å². The molecule has 0 bridgehead atoms. The van der Waals surface area contributed by atoms with Crippen molar-refractivity contribution in [2.45, 2.75) is 30.2 Å². The Morgan fingerprint density at radius 3 is 2.47 bits per heavy atom. The quantitative estimate of drug-likeness (QED) is 0.824. The van der Waals surface area contributed by atoms with Gasteiger partial charge in [-0.3, -0.25) is 0 Å². The molecule has 0 atom stereocenters. The van der Waals surface area contributed by atoms with Gasteiger partial charge in [-0.1, -0.05) is 6.42 Å². The number of nitrogens with one attached hydrogen (secondary N) is 1. The second-order valence-electron chi connectivity index (χ2n) is 4.89. The van der Waals surface area contributed by atoms with Gasteiger partial charge in [-0.15, -0.1) is 0 Å². The van der Waals surface area contributed by atoms with Crippen molar-refractivity contribution in [1.29, 1.82) is 0 Å². The van der Waals surface area contributed by atoms with Crippen LogP contribution in [0.15, 0.2) is 18.2 Å². The molecule has 0 amide bonds. The van der Waals surface area contributed by atoms with Gasteiger partial charge in [0.25, 0.3) is 0 Å². The number of hydrogen-bond donors (Lipinski definition) is 2. The summed E-state index contributed by atoms with van der Waals surface area (Å²) in [7, 11) is 0. The topological polar surface area (TPSA) is 38.0 Å². The van der Waals surface area contributed by atoms with Crippen LogP contribution in [0.5, 0.6) is 0 Å². The van der Waals surface area contributed by atoms with E-state index in [1.54, 1.807) is 0 Å². The molecule has 0 aromatic heterocycles. The van der Waals surface area contributed by atoms with Crippen molar-refractivity contribution in [2.24, 2.45) is 0 Å². The molecule has 106 valence electrons. The van der Waals surface area contributed by atoms with Gasteiger partial charge >= 0.3 is 6.18 Å². The molecular weight excluding hydrogens is 273 g/mol. The summed E-state index contributed by atoms with van der Waals surface area (Å²) in [4.78, 5) is 0. The molecule has 0 heterocycles. The lowest BCUT2D eigenvalue weighted by Gasteiger charge is -2.40. The molecule has 0 radical (unpaired) electrons. The highest BCUT2D eigenvalue weighted by molar-refractivity contribution is 8.00. The molecule has 1 fully saturated rings. The Bertz CT molecular complexity index is 450. The van der Waals surface area contributed by atoms with E-state index in [2.05, 4.69) is 11.6 Å². The first kappa shape index (κ1) is 14.4. The van der Waals surface area contributed by atoms with Gasteiger partial charge in [-0.2, -0.15) is 24.9 Å². The summed E-state index contributed by atoms with van der Waals surface area (Å²) in [6.07, 6.45) is 1.21. The average molecular weight is 290 g/mol. The number of nitrogens with two attached hydrogens (primary N) is 1. The molecule has 2 nitrogen and oxygen atoms in total. The van der Waals surface area contributed by atoms with E-state index in [0.29, 0.717) is 5.69 Å². The number of hydrogen-bond acceptors (Lipinski definition) is 3. The van der Waals surface area contributed by atoms with E-state index >= 15 is 0 Å². The highest BCUT2D eigenvalue weighted by atomic mass is 32.2. The highest BCUT2D eigenvalue weighted by Gasteiger charge is 2.36. The molecule has 1 aliphatic rings. The Morgan fingerprint density at radius 1 is 1.37 bits per heavy atom. The van der Waals surface area contributed by atoms with Crippen LogP contribution in [0.4, 0.5) is 24.5 Å². The maximum atomic E-state index is 12.5. The lowest BCUT2D eigenvalue weighted by molar-refractivity contribution is -0.137. The zero-order chi connectivity index (χ0) is 14.1. The summed E-state index contributed by atoms with van der Waals surface area (Å²) in [5.74, 6) is 0. The number of halogens is 3. The second kappa shape index (κ2) is 5.15. The smallest absolute Gasteiger partial charge is 0.397 e. The minimum absolute atomic E-state index is 0.144. The zero-order valence-corrected chi connectivity index (χ0v) is 11.5. The third-order valence-corrected chi connectivity index (χ3v) is 5.10. The fraction of sp³-hybridized carbons (Fsp3) is 0.538. The summed E-state index contributed by atoms with van der Waals surface area (Å²) in [6.45, 7) is 0.740. The molecular formula is C13H17F3N2S. The molecule has 19 heavy (non-hydrogen) atoms. The highest BCUT2D eigenvalue weighted by Crippen LogP contribution is 2.43. The van der Waals surface area contributed by atoms with Crippen LogP contribution in [-0.2, 0) is 6.18 Å². The largest absolute Gasteiger partial charge is 0.416 e. The lowest BCUT2D eigenvalue weighted by atomic mass is 9.84. The molecule has 1 saturated carbocycles. The minimum atomic E-state index is -4.35. The maximum absolute atomic E-state index is 12.5. The van der Waals surface area contributed by atoms with Crippen LogP contribution in [0.3, 0.4) is 0 Å². The second-order valence-corrected chi connectivity index (χ2v) is 6.17. The van der Waals surface area contributed by atoms with E-state index in [9.17, 15) is 13.2 Å². The summed E-state index contributed by atoms with van der Waals surface area (Å²) in [5.41, 5.74) is 5.69. The first-order valence-corrected chi connectivity index (χ1v) is 7.34. The number of benzene rings is 1. The zero-order valence-electron chi connectivity index (χ0n) is 10.7. The van der Waals surface area contributed by atoms with Gasteiger partial charge in [0, 0.05) is 11.3 Å². The Hall–Kier alpha value is -1.04. The first-order valence-electron chi connectivity index (χ1n) is 6.12. The van der Waals surface area contributed by atoms with Gasteiger partial charge in [-0.05, 0) is 37.3 Å². The molecule has 1 aliphatic carbocycles. The fourth-order valence-corrected chi connectivity index (χ4v) is 3.09. The molecule has 6 heteroatoms. The third kappa shape index (κ3) is 3.11. The molecule has 0 aliphatic heterocycles. The molecule has 1 aromatic rings. The first-order chi connectivity index (χ1) is 8.86. The molecule has 0 saturated heterocycles. The molecule has 3 N–H and O–H groups in total. The minimum Gasteiger partial charge on any atom is -0.397 e. The van der Waals surface area contributed by atoms with E-state index in [0.717, 1.165) is 31.5 Å². The van der Waals surface area contributed by atoms with E-state index in [-0.39, 0.29) is 10.4 Å². The van der Waals surface area contributed by atoms with Crippen LogP contribution < -0.4 is 11.1 Å². The average Bonchev–Trinajstić information content (AvgIpc) is 2.28. The summed E-state index contributed by atoms with van der Waals surface area (Å²) in [6, 6.07) is 3.45. The van der Waals surface area contributed by atoms with Crippen LogP contribution in [0.25, 0.3) is 0 Å². The Morgan fingerprint density at radius 2 is 2.05 bits per heavy atom. The van der Waals surface area contributed by atoms with E-state index in [1.165, 1.54) is 12.5 Å². The molecule has 0 spiro atoms. The predicted molar refractivity (Wildman–Crippen MR) is 74.4 cm³/mol. The van der Waals surface area contributed by atoms with Gasteiger partial charge < -0.3 is 11.1 Å². The van der Waals surface area contributed by atoms with Gasteiger partial charge in [0.1, 0.15) is 0 Å². The summed E-state index contributed by atoms with van der Waals surface area (Å²) >= 11 is 1.81. The lowest BCUT2D eigenvalue weighted by Crippen LogP contribution is -2.40. The predicted octanol–water partition coefficient (Wildman–Crippen LogP) is 3.99. The summed E-state index contributed by atoms with van der Waals surface area (Å²) < 4.78 is 37.8. The van der Waals surface area contributed by atoms with E-state index in [1.807, 2.05) is 11.8 Å². The van der Waals surface area contributed by atoms with Gasteiger partial charge in [0.05, 0.1) is 16.9 Å². The van der Waals surface area contributed by atoms with Gasteiger partial charge in [0.15, 0.2) is 0 Å². The SMILES string of the molecule is CSC1(CNc2ccc(C(F)(F)F)cc2N)CCC1. The van der Waals surface area contributed by atoms with Crippen LogP contribution in [0.1, 0.15) is 24.8 Å². The van der Waals surface area contributed by atoms with Crippen molar-refractivity contribution < 1.29 is 13.2 Å². The number of thioether (sulfide) groups is 1. The number of alkyl halides is 3. The number of anilines is 2. The molecule has 1 aromatic carbocycles. The van der Waals surface area contributed by atoms with Crippen molar-refractivity contribution in [2.75, 3.05) is 23.9 Å².